The molecule has 0 radical (unpaired) electrons. The third-order valence-corrected chi connectivity index (χ3v) is 3.13. The first-order chi connectivity index (χ1) is 8.58. The van der Waals surface area contributed by atoms with E-state index in [-0.39, 0.29) is 11.8 Å². The van der Waals surface area contributed by atoms with E-state index in [1.54, 1.807) is 12.1 Å². The van der Waals surface area contributed by atoms with Crippen LogP contribution in [0.15, 0.2) is 22.6 Å². The van der Waals surface area contributed by atoms with Crippen molar-refractivity contribution in [2.75, 3.05) is 5.73 Å². The minimum atomic E-state index is 0.0292. The van der Waals surface area contributed by atoms with Gasteiger partial charge < -0.3 is 19.8 Å². The largest absolute Gasteiger partial charge is 0.508 e. The molecule has 2 heterocycles. The van der Waals surface area contributed by atoms with Gasteiger partial charge in [0.2, 0.25) is 0 Å². The molecule has 0 unspecified atom stereocenters. The molecule has 0 atom stereocenters. The monoisotopic (exact) mass is 244 g/mol. The molecule has 1 aromatic carbocycles. The summed E-state index contributed by atoms with van der Waals surface area (Å²) in [7, 11) is 1.94. The third kappa shape index (κ3) is 1.35. The fourth-order valence-electron chi connectivity index (χ4n) is 2.17. The lowest BCUT2D eigenvalue weighted by Gasteiger charge is -1.97. The van der Waals surface area contributed by atoms with Crippen LogP contribution in [-0.2, 0) is 7.05 Å². The highest BCUT2D eigenvalue weighted by Gasteiger charge is 2.18. The van der Waals surface area contributed by atoms with Gasteiger partial charge in [-0.05, 0) is 25.1 Å². The SMILES string of the molecule is Cc1c(-c2nnc(N)o2)c2cc(O)ccc2n1C. The van der Waals surface area contributed by atoms with Crippen LogP contribution in [0.4, 0.5) is 6.01 Å². The summed E-state index contributed by atoms with van der Waals surface area (Å²) in [6, 6.07) is 5.20. The van der Waals surface area contributed by atoms with E-state index in [0.717, 1.165) is 22.2 Å². The van der Waals surface area contributed by atoms with Gasteiger partial charge in [0.25, 0.3) is 5.89 Å². The molecule has 0 aliphatic heterocycles. The van der Waals surface area contributed by atoms with Gasteiger partial charge in [-0.2, -0.15) is 0 Å². The van der Waals surface area contributed by atoms with Crippen LogP contribution in [0.1, 0.15) is 5.69 Å². The lowest BCUT2D eigenvalue weighted by molar-refractivity contribution is 0.476. The first kappa shape index (κ1) is 10.6. The quantitative estimate of drug-likeness (QED) is 0.681. The lowest BCUT2D eigenvalue weighted by atomic mass is 10.1. The summed E-state index contributed by atoms with van der Waals surface area (Å²) >= 11 is 0. The number of fused-ring (bicyclic) bond motifs is 1. The van der Waals surface area contributed by atoms with Crippen LogP contribution in [0.2, 0.25) is 0 Å². The predicted molar refractivity (Wildman–Crippen MR) is 67.0 cm³/mol. The molecule has 3 rings (SSSR count). The van der Waals surface area contributed by atoms with Crippen molar-refractivity contribution < 1.29 is 9.52 Å². The second kappa shape index (κ2) is 3.49. The van der Waals surface area contributed by atoms with Gasteiger partial charge in [0, 0.05) is 23.6 Å². The Morgan fingerprint density at radius 2 is 2.11 bits per heavy atom. The number of nitrogens with two attached hydrogens (primary N) is 1. The summed E-state index contributed by atoms with van der Waals surface area (Å²) in [5.74, 6) is 0.558. The summed E-state index contributed by atoms with van der Waals surface area (Å²) in [6.45, 7) is 1.95. The molecule has 6 heteroatoms. The van der Waals surface area contributed by atoms with Gasteiger partial charge in [0.05, 0.1) is 5.56 Å². The third-order valence-electron chi connectivity index (χ3n) is 3.13. The van der Waals surface area contributed by atoms with Crippen LogP contribution < -0.4 is 5.73 Å². The second-order valence-corrected chi connectivity index (χ2v) is 4.17. The van der Waals surface area contributed by atoms with Crippen LogP contribution in [0, 0.1) is 6.92 Å². The number of hydrogen-bond acceptors (Lipinski definition) is 5. The molecule has 0 saturated carbocycles. The van der Waals surface area contributed by atoms with E-state index >= 15 is 0 Å². The van der Waals surface area contributed by atoms with Gasteiger partial charge in [-0.25, -0.2) is 0 Å². The Bertz CT molecular complexity index is 742. The molecule has 0 bridgehead atoms. The number of nitrogens with zero attached hydrogens (tertiary/aromatic N) is 3. The van der Waals surface area contributed by atoms with Crippen LogP contribution in [0.3, 0.4) is 0 Å². The maximum atomic E-state index is 9.61. The minimum Gasteiger partial charge on any atom is -0.508 e. The molecular weight excluding hydrogens is 232 g/mol. The molecule has 0 aliphatic carbocycles. The fraction of sp³-hybridized carbons (Fsp3) is 0.167. The topological polar surface area (TPSA) is 90.1 Å². The van der Waals surface area contributed by atoms with E-state index in [1.165, 1.54) is 0 Å². The zero-order valence-corrected chi connectivity index (χ0v) is 10.0. The average molecular weight is 244 g/mol. The number of hydrogen-bond donors (Lipinski definition) is 2. The van der Waals surface area contributed by atoms with Crippen molar-refractivity contribution >= 4 is 16.9 Å². The molecule has 3 aromatic rings. The first-order valence-electron chi connectivity index (χ1n) is 5.45. The highest BCUT2D eigenvalue weighted by Crippen LogP contribution is 2.35. The fourth-order valence-corrected chi connectivity index (χ4v) is 2.17. The van der Waals surface area contributed by atoms with Gasteiger partial charge in [0.15, 0.2) is 0 Å². The molecule has 2 aromatic heterocycles. The molecule has 0 spiro atoms. The van der Waals surface area contributed by atoms with E-state index < -0.39 is 0 Å². The van der Waals surface area contributed by atoms with Crippen molar-refractivity contribution in [1.29, 1.82) is 0 Å². The number of anilines is 1. The molecule has 3 N–H and O–H groups in total. The summed E-state index contributed by atoms with van der Waals surface area (Å²) in [5, 5.41) is 18.0. The van der Waals surface area contributed by atoms with Gasteiger partial charge in [-0.3, -0.25) is 0 Å². The maximum Gasteiger partial charge on any atom is 0.313 e. The number of phenols is 1. The van der Waals surface area contributed by atoms with Crippen LogP contribution in [-0.4, -0.2) is 19.9 Å². The van der Waals surface area contributed by atoms with E-state index in [2.05, 4.69) is 10.2 Å². The number of aromatic hydroxyl groups is 1. The van der Waals surface area contributed by atoms with E-state index in [4.69, 9.17) is 10.2 Å². The minimum absolute atomic E-state index is 0.0292. The molecule has 6 nitrogen and oxygen atoms in total. The Hall–Kier alpha value is -2.50. The first-order valence-corrected chi connectivity index (χ1v) is 5.45. The number of rotatable bonds is 1. The average Bonchev–Trinajstić information content (AvgIpc) is 2.84. The maximum absolute atomic E-state index is 9.61. The molecule has 0 saturated heterocycles. The smallest absolute Gasteiger partial charge is 0.313 e. The van der Waals surface area contributed by atoms with Crippen molar-refractivity contribution in [3.8, 4) is 17.2 Å². The van der Waals surface area contributed by atoms with Crippen molar-refractivity contribution in [2.24, 2.45) is 7.05 Å². The number of benzene rings is 1. The van der Waals surface area contributed by atoms with E-state index in [9.17, 15) is 5.11 Å². The number of aromatic nitrogens is 3. The molecule has 0 aliphatic rings. The van der Waals surface area contributed by atoms with Crippen molar-refractivity contribution in [1.82, 2.24) is 14.8 Å². The van der Waals surface area contributed by atoms with E-state index in [1.807, 2.05) is 24.6 Å². The Morgan fingerprint density at radius 1 is 1.33 bits per heavy atom. The Morgan fingerprint density at radius 3 is 2.78 bits per heavy atom. The molecular formula is C12H12N4O2. The summed E-state index contributed by atoms with van der Waals surface area (Å²) in [4.78, 5) is 0. The lowest BCUT2D eigenvalue weighted by Crippen LogP contribution is -1.90. The normalized spacial score (nSPS) is 11.2. The Balaban J connectivity index is 2.40. The molecule has 0 fully saturated rings. The van der Waals surface area contributed by atoms with Crippen molar-refractivity contribution in [3.63, 3.8) is 0 Å². The predicted octanol–water partition coefficient (Wildman–Crippen LogP) is 1.82. The number of nitrogen functional groups attached to an aromatic ring is 1. The highest BCUT2D eigenvalue weighted by molar-refractivity contribution is 5.96. The standard InChI is InChI=1S/C12H12N4O2/c1-6-10(11-14-15-12(13)18-11)8-5-7(17)3-4-9(8)16(6)2/h3-5,17H,1-2H3,(H2,13,15). The molecule has 92 valence electrons. The zero-order valence-electron chi connectivity index (χ0n) is 10.0. The zero-order chi connectivity index (χ0) is 12.9. The highest BCUT2D eigenvalue weighted by atomic mass is 16.4. The molecule has 0 amide bonds. The van der Waals surface area contributed by atoms with Crippen LogP contribution in [0.25, 0.3) is 22.4 Å². The van der Waals surface area contributed by atoms with E-state index in [0.29, 0.717) is 5.89 Å². The second-order valence-electron chi connectivity index (χ2n) is 4.17. The number of phenolic OH excluding ortho intramolecular Hbond substituents is 1. The van der Waals surface area contributed by atoms with Gasteiger partial charge in [0.1, 0.15) is 5.75 Å². The number of aryl methyl sites for hydroxylation is 1. The van der Waals surface area contributed by atoms with Gasteiger partial charge in [-0.1, -0.05) is 5.10 Å². The van der Waals surface area contributed by atoms with Crippen LogP contribution in [0.5, 0.6) is 5.75 Å². The van der Waals surface area contributed by atoms with Gasteiger partial charge >= 0.3 is 6.01 Å². The Labute approximate surface area is 103 Å². The van der Waals surface area contributed by atoms with Crippen molar-refractivity contribution in [2.45, 2.75) is 6.92 Å². The Kier molecular flexibility index (Phi) is 2.07. The van der Waals surface area contributed by atoms with Gasteiger partial charge in [-0.15, -0.1) is 5.10 Å². The van der Waals surface area contributed by atoms with Crippen LogP contribution >= 0.6 is 0 Å². The summed E-state index contributed by atoms with van der Waals surface area (Å²) < 4.78 is 7.28. The van der Waals surface area contributed by atoms with Crippen molar-refractivity contribution in [3.05, 3.63) is 23.9 Å². The summed E-state index contributed by atoms with van der Waals surface area (Å²) in [5.41, 5.74) is 8.20. The molecule has 18 heavy (non-hydrogen) atoms. The summed E-state index contributed by atoms with van der Waals surface area (Å²) in [6.07, 6.45) is 0.